The van der Waals surface area contributed by atoms with E-state index in [1.807, 2.05) is 0 Å². The van der Waals surface area contributed by atoms with Gasteiger partial charge in [0.15, 0.2) is 0 Å². The molecule has 1 heteroatoms. The van der Waals surface area contributed by atoms with Gasteiger partial charge in [-0.15, -0.1) is 0 Å². The molecule has 11 heavy (non-hydrogen) atoms. The van der Waals surface area contributed by atoms with Crippen molar-refractivity contribution < 1.29 is 0 Å². The molecular formula is C10H21N. The summed E-state index contributed by atoms with van der Waals surface area (Å²) in [7, 11) is 2.05. The molecule has 0 bridgehead atoms. The van der Waals surface area contributed by atoms with Crippen LogP contribution in [0.4, 0.5) is 0 Å². The standard InChI is InChI=1S/C10H21N/c1-7(2)10-5-9(6-11-4)8(10)3/h7-11H,5-6H2,1-4H3. The molecule has 0 amide bonds. The fourth-order valence-electron chi connectivity index (χ4n) is 2.34. The van der Waals surface area contributed by atoms with Crippen LogP contribution in [0.5, 0.6) is 0 Å². The van der Waals surface area contributed by atoms with Crippen LogP contribution in [0.25, 0.3) is 0 Å². The van der Waals surface area contributed by atoms with Crippen molar-refractivity contribution in [3.05, 3.63) is 0 Å². The van der Waals surface area contributed by atoms with Crippen molar-refractivity contribution in [1.29, 1.82) is 0 Å². The minimum Gasteiger partial charge on any atom is -0.319 e. The van der Waals surface area contributed by atoms with Crippen LogP contribution in [-0.2, 0) is 0 Å². The molecule has 1 aliphatic rings. The molecule has 1 aliphatic carbocycles. The molecule has 3 atom stereocenters. The van der Waals surface area contributed by atoms with Gasteiger partial charge in [0, 0.05) is 0 Å². The molecule has 0 aliphatic heterocycles. The summed E-state index contributed by atoms with van der Waals surface area (Å²) in [5, 5.41) is 3.26. The summed E-state index contributed by atoms with van der Waals surface area (Å²) in [5.74, 6) is 3.78. The molecule has 0 spiro atoms. The van der Waals surface area contributed by atoms with Gasteiger partial charge in [-0.3, -0.25) is 0 Å². The summed E-state index contributed by atoms with van der Waals surface area (Å²) in [4.78, 5) is 0. The first-order valence-electron chi connectivity index (χ1n) is 4.81. The molecule has 0 heterocycles. The van der Waals surface area contributed by atoms with E-state index >= 15 is 0 Å². The van der Waals surface area contributed by atoms with E-state index in [0.29, 0.717) is 0 Å². The number of nitrogens with one attached hydrogen (secondary N) is 1. The highest BCUT2D eigenvalue weighted by atomic mass is 14.8. The molecule has 1 nitrogen and oxygen atoms in total. The van der Waals surface area contributed by atoms with Gasteiger partial charge in [0.2, 0.25) is 0 Å². The second-order valence-electron chi connectivity index (χ2n) is 4.32. The topological polar surface area (TPSA) is 12.0 Å². The quantitative estimate of drug-likeness (QED) is 0.658. The summed E-state index contributed by atoms with van der Waals surface area (Å²) >= 11 is 0. The Morgan fingerprint density at radius 1 is 1.45 bits per heavy atom. The van der Waals surface area contributed by atoms with Crippen LogP contribution in [0.15, 0.2) is 0 Å². The fourth-order valence-corrected chi connectivity index (χ4v) is 2.34. The molecule has 0 aromatic heterocycles. The lowest BCUT2D eigenvalue weighted by molar-refractivity contribution is 0.0505. The molecule has 0 radical (unpaired) electrons. The summed E-state index contributed by atoms with van der Waals surface area (Å²) in [5.41, 5.74) is 0. The molecule has 3 unspecified atom stereocenters. The maximum atomic E-state index is 3.26. The van der Waals surface area contributed by atoms with E-state index in [2.05, 4.69) is 33.1 Å². The van der Waals surface area contributed by atoms with Crippen molar-refractivity contribution in [2.75, 3.05) is 13.6 Å². The highest BCUT2D eigenvalue weighted by molar-refractivity contribution is 4.88. The molecule has 0 aromatic carbocycles. The maximum absolute atomic E-state index is 3.26. The number of hydrogen-bond acceptors (Lipinski definition) is 1. The summed E-state index contributed by atoms with van der Waals surface area (Å²) in [6.07, 6.45) is 1.44. The van der Waals surface area contributed by atoms with Crippen molar-refractivity contribution in [3.8, 4) is 0 Å². The van der Waals surface area contributed by atoms with E-state index in [1.54, 1.807) is 0 Å². The molecular weight excluding hydrogens is 134 g/mol. The lowest BCUT2D eigenvalue weighted by Crippen LogP contribution is -2.42. The third-order valence-electron chi connectivity index (χ3n) is 3.32. The van der Waals surface area contributed by atoms with Gasteiger partial charge in [0.05, 0.1) is 0 Å². The predicted octanol–water partition coefficient (Wildman–Crippen LogP) is 2.13. The van der Waals surface area contributed by atoms with E-state index in [4.69, 9.17) is 0 Å². The van der Waals surface area contributed by atoms with Crippen molar-refractivity contribution in [3.63, 3.8) is 0 Å². The van der Waals surface area contributed by atoms with Crippen molar-refractivity contribution in [2.45, 2.75) is 27.2 Å². The smallest absolute Gasteiger partial charge is 0.00208 e. The second kappa shape index (κ2) is 3.57. The Morgan fingerprint density at radius 2 is 2.09 bits per heavy atom. The molecule has 1 N–H and O–H groups in total. The zero-order valence-corrected chi connectivity index (χ0v) is 8.22. The molecule has 1 fully saturated rings. The van der Waals surface area contributed by atoms with Gasteiger partial charge >= 0.3 is 0 Å². The van der Waals surface area contributed by atoms with Crippen LogP contribution in [0.3, 0.4) is 0 Å². The highest BCUT2D eigenvalue weighted by Crippen LogP contribution is 2.43. The first-order valence-corrected chi connectivity index (χ1v) is 4.81. The lowest BCUT2D eigenvalue weighted by Gasteiger charge is -2.45. The zero-order chi connectivity index (χ0) is 8.43. The average Bonchev–Trinajstić information content (AvgIpc) is 1.95. The predicted molar refractivity (Wildman–Crippen MR) is 49.5 cm³/mol. The first-order chi connectivity index (χ1) is 5.16. The minimum absolute atomic E-state index is 0.887. The van der Waals surface area contributed by atoms with Crippen LogP contribution >= 0.6 is 0 Å². The Hall–Kier alpha value is -0.0400. The summed E-state index contributed by atoms with van der Waals surface area (Å²) in [6.45, 7) is 8.30. The Labute approximate surface area is 70.6 Å². The maximum Gasteiger partial charge on any atom is -0.00208 e. The average molecular weight is 155 g/mol. The van der Waals surface area contributed by atoms with Gasteiger partial charge in [-0.2, -0.15) is 0 Å². The van der Waals surface area contributed by atoms with Crippen molar-refractivity contribution in [2.24, 2.45) is 23.7 Å². The third-order valence-corrected chi connectivity index (χ3v) is 3.32. The van der Waals surface area contributed by atoms with Gasteiger partial charge in [-0.1, -0.05) is 20.8 Å². The Kier molecular flexibility index (Phi) is 2.94. The monoisotopic (exact) mass is 155 g/mol. The van der Waals surface area contributed by atoms with Crippen molar-refractivity contribution in [1.82, 2.24) is 5.32 Å². The summed E-state index contributed by atoms with van der Waals surface area (Å²) < 4.78 is 0. The minimum atomic E-state index is 0.887. The van der Waals surface area contributed by atoms with Crippen LogP contribution < -0.4 is 5.32 Å². The van der Waals surface area contributed by atoms with E-state index in [9.17, 15) is 0 Å². The molecule has 0 saturated heterocycles. The molecule has 0 aromatic rings. The van der Waals surface area contributed by atoms with Gasteiger partial charge in [0.1, 0.15) is 0 Å². The zero-order valence-electron chi connectivity index (χ0n) is 8.22. The second-order valence-corrected chi connectivity index (χ2v) is 4.32. The SMILES string of the molecule is CNCC1CC(C(C)C)C1C. The van der Waals surface area contributed by atoms with Gasteiger partial charge < -0.3 is 5.32 Å². The van der Waals surface area contributed by atoms with Crippen LogP contribution in [-0.4, -0.2) is 13.6 Å². The number of hydrogen-bond donors (Lipinski definition) is 1. The molecule has 66 valence electrons. The van der Waals surface area contributed by atoms with Crippen molar-refractivity contribution >= 4 is 0 Å². The fraction of sp³-hybridized carbons (Fsp3) is 1.00. The van der Waals surface area contributed by atoms with Crippen LogP contribution in [0.2, 0.25) is 0 Å². The van der Waals surface area contributed by atoms with E-state index in [1.165, 1.54) is 13.0 Å². The molecule has 1 saturated carbocycles. The number of rotatable bonds is 3. The van der Waals surface area contributed by atoms with E-state index in [-0.39, 0.29) is 0 Å². The normalized spacial score (nSPS) is 37.4. The largest absolute Gasteiger partial charge is 0.319 e. The third kappa shape index (κ3) is 1.76. The molecule has 1 rings (SSSR count). The van der Waals surface area contributed by atoms with Gasteiger partial charge in [0.25, 0.3) is 0 Å². The van der Waals surface area contributed by atoms with Gasteiger partial charge in [-0.05, 0) is 43.7 Å². The van der Waals surface area contributed by atoms with Crippen LogP contribution in [0, 0.1) is 23.7 Å². The first kappa shape index (κ1) is 9.05. The highest BCUT2D eigenvalue weighted by Gasteiger charge is 2.38. The Bertz CT molecular complexity index is 120. The van der Waals surface area contributed by atoms with Crippen LogP contribution in [0.1, 0.15) is 27.2 Å². The van der Waals surface area contributed by atoms with E-state index in [0.717, 1.165) is 23.7 Å². The van der Waals surface area contributed by atoms with E-state index < -0.39 is 0 Å². The Balaban J connectivity index is 2.26. The van der Waals surface area contributed by atoms with Gasteiger partial charge in [-0.25, -0.2) is 0 Å². The Morgan fingerprint density at radius 3 is 2.45 bits per heavy atom. The summed E-state index contributed by atoms with van der Waals surface area (Å²) in [6, 6.07) is 0. The lowest BCUT2D eigenvalue weighted by atomic mass is 9.61.